The Kier molecular flexibility index (Phi) is 5.86. The topological polar surface area (TPSA) is 95.6 Å². The van der Waals surface area contributed by atoms with Crippen LogP contribution in [0.1, 0.15) is 43.5 Å². The average molecular weight is 394 g/mol. The zero-order chi connectivity index (χ0) is 19.6. The standard InChI is InChI=1S/C19H27N3O4S/c1-13-9-14(2)12-22(11-13)27(25,26)17-7-3-15(4-8-17)19(24)20-10-18(23)21-16-5-6-16/h3-4,7-8,13-14,16H,5-6,9-12H2,1-2H3,(H,20,24)(H,21,23)/t13-,14+. The highest BCUT2D eigenvalue weighted by atomic mass is 32.2. The molecule has 2 atom stereocenters. The Morgan fingerprint density at radius 2 is 1.67 bits per heavy atom. The van der Waals surface area contributed by atoms with E-state index in [9.17, 15) is 18.0 Å². The first-order chi connectivity index (χ1) is 12.8. The molecule has 2 N–H and O–H groups in total. The van der Waals surface area contributed by atoms with Gasteiger partial charge in [0.1, 0.15) is 0 Å². The maximum atomic E-state index is 12.9. The van der Waals surface area contributed by atoms with Gasteiger partial charge in [-0.15, -0.1) is 0 Å². The van der Waals surface area contributed by atoms with Gasteiger partial charge < -0.3 is 10.6 Å². The molecule has 8 heteroatoms. The van der Waals surface area contributed by atoms with Gasteiger partial charge in [0, 0.05) is 24.7 Å². The number of nitrogens with zero attached hydrogens (tertiary/aromatic N) is 1. The van der Waals surface area contributed by atoms with Crippen LogP contribution < -0.4 is 10.6 Å². The maximum Gasteiger partial charge on any atom is 0.251 e. The van der Waals surface area contributed by atoms with Crippen LogP contribution in [0.2, 0.25) is 0 Å². The van der Waals surface area contributed by atoms with E-state index in [-0.39, 0.29) is 23.4 Å². The first-order valence-corrected chi connectivity index (χ1v) is 10.9. The molecule has 1 saturated carbocycles. The smallest absolute Gasteiger partial charge is 0.251 e. The zero-order valence-electron chi connectivity index (χ0n) is 15.8. The number of piperidine rings is 1. The SMILES string of the molecule is C[C@@H]1C[C@H](C)CN(S(=O)(=O)c2ccc(C(=O)NCC(=O)NC3CC3)cc2)C1. The fraction of sp³-hybridized carbons (Fsp3) is 0.579. The Bertz CT molecular complexity index is 793. The molecule has 0 spiro atoms. The molecule has 1 aromatic rings. The van der Waals surface area contributed by atoms with E-state index in [4.69, 9.17) is 0 Å². The Morgan fingerprint density at radius 3 is 2.22 bits per heavy atom. The molecule has 0 radical (unpaired) electrons. The lowest BCUT2D eigenvalue weighted by atomic mass is 9.94. The van der Waals surface area contributed by atoms with Crippen molar-refractivity contribution in [1.82, 2.24) is 14.9 Å². The van der Waals surface area contributed by atoms with E-state index in [1.165, 1.54) is 28.6 Å². The molecule has 0 unspecified atom stereocenters. The average Bonchev–Trinajstić information content (AvgIpc) is 3.43. The zero-order valence-corrected chi connectivity index (χ0v) is 16.6. The number of carbonyl (C=O) groups is 2. The van der Waals surface area contributed by atoms with Gasteiger partial charge in [0.25, 0.3) is 5.91 Å². The van der Waals surface area contributed by atoms with E-state index in [1.54, 1.807) is 0 Å². The van der Waals surface area contributed by atoms with Gasteiger partial charge in [0.2, 0.25) is 15.9 Å². The monoisotopic (exact) mass is 393 g/mol. The van der Waals surface area contributed by atoms with Crippen molar-refractivity contribution in [2.75, 3.05) is 19.6 Å². The molecule has 1 aliphatic carbocycles. The molecule has 2 aliphatic rings. The second-order valence-electron chi connectivity index (χ2n) is 7.82. The number of hydrogen-bond acceptors (Lipinski definition) is 4. The molecular weight excluding hydrogens is 366 g/mol. The Balaban J connectivity index is 1.61. The van der Waals surface area contributed by atoms with Crippen molar-refractivity contribution in [1.29, 1.82) is 0 Å². The lowest BCUT2D eigenvalue weighted by Gasteiger charge is -2.34. The predicted molar refractivity (Wildman–Crippen MR) is 102 cm³/mol. The number of hydrogen-bond donors (Lipinski definition) is 2. The van der Waals surface area contributed by atoms with Gasteiger partial charge in [-0.3, -0.25) is 9.59 Å². The van der Waals surface area contributed by atoms with Crippen LogP contribution in [0.25, 0.3) is 0 Å². The first kappa shape index (κ1) is 19.8. The molecule has 7 nitrogen and oxygen atoms in total. The van der Waals surface area contributed by atoms with Crippen LogP contribution in [0.3, 0.4) is 0 Å². The quantitative estimate of drug-likeness (QED) is 0.763. The second kappa shape index (κ2) is 7.98. The van der Waals surface area contributed by atoms with Gasteiger partial charge in [-0.1, -0.05) is 13.8 Å². The van der Waals surface area contributed by atoms with Crippen molar-refractivity contribution in [3.05, 3.63) is 29.8 Å². The van der Waals surface area contributed by atoms with Crippen LogP contribution in [0.15, 0.2) is 29.2 Å². The van der Waals surface area contributed by atoms with Crippen LogP contribution in [-0.4, -0.2) is 50.2 Å². The first-order valence-electron chi connectivity index (χ1n) is 9.43. The van der Waals surface area contributed by atoms with Gasteiger partial charge in [-0.2, -0.15) is 4.31 Å². The lowest BCUT2D eigenvalue weighted by Crippen LogP contribution is -2.42. The van der Waals surface area contributed by atoms with E-state index in [2.05, 4.69) is 24.5 Å². The molecule has 0 bridgehead atoms. The number of nitrogens with one attached hydrogen (secondary N) is 2. The summed E-state index contributed by atoms with van der Waals surface area (Å²) in [6.45, 7) is 5.07. The number of benzene rings is 1. The fourth-order valence-corrected chi connectivity index (χ4v) is 5.18. The molecule has 3 rings (SSSR count). The minimum atomic E-state index is -3.57. The summed E-state index contributed by atoms with van der Waals surface area (Å²) in [6, 6.07) is 6.13. The third kappa shape index (κ3) is 5.07. The molecule has 2 fully saturated rings. The highest BCUT2D eigenvalue weighted by molar-refractivity contribution is 7.89. The maximum absolute atomic E-state index is 12.9. The van der Waals surface area contributed by atoms with Crippen molar-refractivity contribution in [3.8, 4) is 0 Å². The van der Waals surface area contributed by atoms with Crippen molar-refractivity contribution in [2.45, 2.75) is 44.0 Å². The molecular formula is C19H27N3O4S. The summed E-state index contributed by atoms with van der Waals surface area (Å²) in [5.74, 6) is 0.0502. The van der Waals surface area contributed by atoms with Crippen molar-refractivity contribution in [3.63, 3.8) is 0 Å². The molecule has 148 valence electrons. The van der Waals surface area contributed by atoms with E-state index in [0.717, 1.165) is 19.3 Å². The summed E-state index contributed by atoms with van der Waals surface area (Å²) in [7, 11) is -3.57. The van der Waals surface area contributed by atoms with Crippen molar-refractivity contribution < 1.29 is 18.0 Å². The number of rotatable bonds is 6. The Morgan fingerprint density at radius 1 is 1.07 bits per heavy atom. The Hall–Kier alpha value is -1.93. The van der Waals surface area contributed by atoms with E-state index in [0.29, 0.717) is 30.5 Å². The third-order valence-electron chi connectivity index (χ3n) is 4.94. The van der Waals surface area contributed by atoms with E-state index in [1.807, 2.05) is 0 Å². The van der Waals surface area contributed by atoms with Crippen LogP contribution in [0, 0.1) is 11.8 Å². The van der Waals surface area contributed by atoms with Gasteiger partial charge in [-0.25, -0.2) is 8.42 Å². The normalized spacial score (nSPS) is 23.6. The number of amides is 2. The largest absolute Gasteiger partial charge is 0.352 e. The number of sulfonamides is 1. The fourth-order valence-electron chi connectivity index (χ4n) is 3.50. The summed E-state index contributed by atoms with van der Waals surface area (Å²) >= 11 is 0. The van der Waals surface area contributed by atoms with Gasteiger partial charge in [-0.05, 0) is 55.4 Å². The van der Waals surface area contributed by atoms with Gasteiger partial charge >= 0.3 is 0 Å². The molecule has 1 aromatic carbocycles. The summed E-state index contributed by atoms with van der Waals surface area (Å²) in [6.07, 6.45) is 3.01. The summed E-state index contributed by atoms with van der Waals surface area (Å²) in [5.41, 5.74) is 0.327. The molecule has 2 amide bonds. The van der Waals surface area contributed by atoms with Gasteiger partial charge in [0.05, 0.1) is 11.4 Å². The minimum absolute atomic E-state index is 0.0844. The summed E-state index contributed by atoms with van der Waals surface area (Å²) in [5, 5.41) is 5.35. The lowest BCUT2D eigenvalue weighted by molar-refractivity contribution is -0.120. The van der Waals surface area contributed by atoms with Gasteiger partial charge in [0.15, 0.2) is 0 Å². The predicted octanol–water partition coefficient (Wildman–Crippen LogP) is 1.36. The van der Waals surface area contributed by atoms with Crippen LogP contribution >= 0.6 is 0 Å². The third-order valence-corrected chi connectivity index (χ3v) is 6.79. The Labute approximate surface area is 160 Å². The minimum Gasteiger partial charge on any atom is -0.352 e. The number of carbonyl (C=O) groups excluding carboxylic acids is 2. The molecule has 27 heavy (non-hydrogen) atoms. The van der Waals surface area contributed by atoms with Crippen molar-refractivity contribution in [2.24, 2.45) is 11.8 Å². The molecule has 1 heterocycles. The summed E-state index contributed by atoms with van der Waals surface area (Å²) in [4.78, 5) is 24.0. The van der Waals surface area contributed by atoms with Crippen LogP contribution in [0.4, 0.5) is 0 Å². The summed E-state index contributed by atoms with van der Waals surface area (Å²) < 4.78 is 27.2. The van der Waals surface area contributed by atoms with Crippen LogP contribution in [0.5, 0.6) is 0 Å². The van der Waals surface area contributed by atoms with E-state index >= 15 is 0 Å². The second-order valence-corrected chi connectivity index (χ2v) is 9.75. The van der Waals surface area contributed by atoms with Crippen molar-refractivity contribution >= 4 is 21.8 Å². The molecule has 1 saturated heterocycles. The highest BCUT2D eigenvalue weighted by Gasteiger charge is 2.31. The highest BCUT2D eigenvalue weighted by Crippen LogP contribution is 2.26. The molecule has 0 aromatic heterocycles. The van der Waals surface area contributed by atoms with E-state index < -0.39 is 15.9 Å². The molecule has 1 aliphatic heterocycles. The van der Waals surface area contributed by atoms with Crippen LogP contribution in [-0.2, 0) is 14.8 Å².